The highest BCUT2D eigenvalue weighted by molar-refractivity contribution is 9.10. The van der Waals surface area contributed by atoms with Gasteiger partial charge in [-0.25, -0.2) is 18.5 Å². The molecule has 2 aliphatic heterocycles. The molecule has 1 aromatic heterocycles. The number of primary sulfonamides is 1. The second-order valence-electron chi connectivity index (χ2n) is 10.3. The number of hydrogen-bond donors (Lipinski definition) is 3. The zero-order valence-corrected chi connectivity index (χ0v) is 27.9. The van der Waals surface area contributed by atoms with Crippen LogP contribution in [0.5, 0.6) is 11.5 Å². The number of amides is 3. The van der Waals surface area contributed by atoms with Gasteiger partial charge in [-0.05, 0) is 73.2 Å². The Bertz CT molecular complexity index is 2010. The summed E-state index contributed by atoms with van der Waals surface area (Å²) in [5.41, 5.74) is 1.45. The van der Waals surface area contributed by atoms with Crippen molar-refractivity contribution in [3.8, 4) is 11.5 Å². The number of benzene rings is 3. The number of nitrogens with two attached hydrogens (primary N) is 1. The number of H-pyrrole nitrogens is 1. The minimum Gasteiger partial charge on any atom is -0.490 e. The quantitative estimate of drug-likeness (QED) is 0.213. The molecule has 1 saturated heterocycles. The third kappa shape index (κ3) is 6.22. The standard InChI is InChI=1S/C30H25BrN4O8S3/c1-2-42-21-13-15(3-12-20(21)43-14-22(36)33-17-6-10-19(11-7-17)46(32,40)41)23-24-26(44-27-25(23)45-30(39)34-27)29(38)35(28(24)37)18-8-4-16(31)5-9-18/h3-13,23-24,26H,2,14H2,1H3,(H,33,36)(H,34,39)(H2,32,40,41)/t23-,24-,26+/m0/s1. The van der Waals surface area contributed by atoms with Crippen molar-refractivity contribution in [2.24, 2.45) is 11.1 Å². The van der Waals surface area contributed by atoms with Gasteiger partial charge in [0.1, 0.15) is 5.25 Å². The molecule has 0 unspecified atom stereocenters. The molecule has 2 aliphatic rings. The molecule has 0 saturated carbocycles. The van der Waals surface area contributed by atoms with E-state index in [2.05, 4.69) is 26.2 Å². The number of imide groups is 1. The molecule has 4 N–H and O–H groups in total. The number of aromatic nitrogens is 1. The van der Waals surface area contributed by atoms with Gasteiger partial charge in [0, 0.05) is 21.0 Å². The van der Waals surface area contributed by atoms with Crippen LogP contribution in [0.2, 0.25) is 0 Å². The summed E-state index contributed by atoms with van der Waals surface area (Å²) in [7, 11) is -3.87. The number of rotatable bonds is 9. The van der Waals surface area contributed by atoms with E-state index >= 15 is 0 Å². The van der Waals surface area contributed by atoms with E-state index in [-0.39, 0.29) is 40.5 Å². The van der Waals surface area contributed by atoms with Gasteiger partial charge in [-0.1, -0.05) is 45.1 Å². The maximum absolute atomic E-state index is 14.0. The highest BCUT2D eigenvalue weighted by Crippen LogP contribution is 2.53. The summed E-state index contributed by atoms with van der Waals surface area (Å²) < 4.78 is 35.4. The Balaban J connectivity index is 1.27. The smallest absolute Gasteiger partial charge is 0.305 e. The molecule has 1 fully saturated rings. The third-order valence-electron chi connectivity index (χ3n) is 7.36. The summed E-state index contributed by atoms with van der Waals surface area (Å²) in [4.78, 5) is 57.0. The molecule has 3 amide bonds. The van der Waals surface area contributed by atoms with E-state index in [0.717, 1.165) is 15.8 Å². The van der Waals surface area contributed by atoms with Crippen LogP contribution in [-0.2, 0) is 24.4 Å². The van der Waals surface area contributed by atoms with E-state index in [4.69, 9.17) is 14.6 Å². The van der Waals surface area contributed by atoms with Gasteiger partial charge in [0.05, 0.1) is 28.1 Å². The molecule has 46 heavy (non-hydrogen) atoms. The van der Waals surface area contributed by atoms with Gasteiger partial charge >= 0.3 is 4.87 Å². The second-order valence-corrected chi connectivity index (χ2v) is 14.9. The summed E-state index contributed by atoms with van der Waals surface area (Å²) in [6.45, 7) is 1.67. The number of anilines is 2. The molecule has 238 valence electrons. The molecule has 3 heterocycles. The number of sulfonamides is 1. The molecule has 12 nitrogen and oxygen atoms in total. The maximum atomic E-state index is 14.0. The van der Waals surface area contributed by atoms with Gasteiger partial charge in [0.25, 0.3) is 5.91 Å². The fraction of sp³-hybridized carbons (Fsp3) is 0.200. The first-order valence-electron chi connectivity index (χ1n) is 13.8. The normalized spacial score (nSPS) is 19.0. The van der Waals surface area contributed by atoms with Gasteiger partial charge in [0.2, 0.25) is 21.8 Å². The van der Waals surface area contributed by atoms with E-state index in [1.807, 2.05) is 0 Å². The van der Waals surface area contributed by atoms with Crippen molar-refractivity contribution < 1.29 is 32.3 Å². The molecule has 0 aliphatic carbocycles. The first kappa shape index (κ1) is 32.0. The number of hydrogen-bond acceptors (Lipinski definition) is 10. The van der Waals surface area contributed by atoms with Gasteiger partial charge in [-0.2, -0.15) is 0 Å². The molecule has 3 aromatic carbocycles. The second kappa shape index (κ2) is 12.7. The highest BCUT2D eigenvalue weighted by atomic mass is 79.9. The molecular weight excluding hydrogens is 720 g/mol. The number of fused-ring (bicyclic) bond motifs is 2. The Morgan fingerprint density at radius 1 is 1.00 bits per heavy atom. The van der Waals surface area contributed by atoms with Crippen LogP contribution in [0.4, 0.5) is 11.4 Å². The van der Waals surface area contributed by atoms with E-state index in [1.54, 1.807) is 49.4 Å². The van der Waals surface area contributed by atoms with Crippen LogP contribution < -0.4 is 29.7 Å². The van der Waals surface area contributed by atoms with Crippen LogP contribution in [0.25, 0.3) is 0 Å². The lowest BCUT2D eigenvalue weighted by Gasteiger charge is -2.30. The monoisotopic (exact) mass is 744 g/mol. The molecule has 0 spiro atoms. The van der Waals surface area contributed by atoms with Crippen molar-refractivity contribution in [1.29, 1.82) is 0 Å². The zero-order valence-electron chi connectivity index (χ0n) is 23.9. The number of carbonyl (C=O) groups is 3. The van der Waals surface area contributed by atoms with Crippen LogP contribution in [-0.4, -0.2) is 49.6 Å². The van der Waals surface area contributed by atoms with E-state index < -0.39 is 33.0 Å². The van der Waals surface area contributed by atoms with E-state index in [0.29, 0.717) is 32.6 Å². The van der Waals surface area contributed by atoms with E-state index in [9.17, 15) is 27.6 Å². The number of aromatic amines is 1. The number of nitrogens with one attached hydrogen (secondary N) is 2. The van der Waals surface area contributed by atoms with E-state index in [1.165, 1.54) is 40.9 Å². The summed E-state index contributed by atoms with van der Waals surface area (Å²) in [5, 5.41) is 7.53. The van der Waals surface area contributed by atoms with Crippen LogP contribution in [0.15, 0.2) is 85.9 Å². The first-order chi connectivity index (χ1) is 21.9. The summed E-state index contributed by atoms with van der Waals surface area (Å²) >= 11 is 5.57. The van der Waals surface area contributed by atoms with Crippen molar-refractivity contribution in [2.75, 3.05) is 23.4 Å². The maximum Gasteiger partial charge on any atom is 0.305 e. The van der Waals surface area contributed by atoms with Crippen molar-refractivity contribution in [2.45, 2.75) is 28.0 Å². The molecule has 16 heteroatoms. The Labute approximate surface area is 279 Å². The average Bonchev–Trinajstić information content (AvgIpc) is 3.51. The Kier molecular flexibility index (Phi) is 8.82. The van der Waals surface area contributed by atoms with Gasteiger partial charge in [-0.3, -0.25) is 19.2 Å². The summed E-state index contributed by atoms with van der Waals surface area (Å²) in [6, 6.07) is 17.3. The number of thiazole rings is 1. The Morgan fingerprint density at radius 3 is 2.39 bits per heavy atom. The van der Waals surface area contributed by atoms with Gasteiger partial charge in [0.15, 0.2) is 18.1 Å². The predicted molar refractivity (Wildman–Crippen MR) is 176 cm³/mol. The molecule has 3 atom stereocenters. The van der Waals surface area contributed by atoms with Crippen LogP contribution in [0.3, 0.4) is 0 Å². The molecule has 4 aromatic rings. The van der Waals surface area contributed by atoms with Crippen molar-refractivity contribution in [1.82, 2.24) is 4.98 Å². The number of ether oxygens (including phenoxy) is 2. The van der Waals surface area contributed by atoms with Gasteiger partial charge < -0.3 is 19.8 Å². The fourth-order valence-electron chi connectivity index (χ4n) is 5.39. The van der Waals surface area contributed by atoms with Crippen LogP contribution >= 0.6 is 39.0 Å². The topological polar surface area (TPSA) is 178 Å². The molecule has 0 bridgehead atoms. The molecular formula is C30H25BrN4O8S3. The molecule has 6 rings (SSSR count). The van der Waals surface area contributed by atoms with Crippen LogP contribution in [0, 0.1) is 5.92 Å². The van der Waals surface area contributed by atoms with Crippen LogP contribution in [0.1, 0.15) is 23.3 Å². The average molecular weight is 746 g/mol. The number of thioether (sulfide) groups is 1. The number of carbonyl (C=O) groups excluding carboxylic acids is 3. The predicted octanol–water partition coefficient (Wildman–Crippen LogP) is 4.06. The lowest BCUT2D eigenvalue weighted by molar-refractivity contribution is -0.122. The molecule has 0 radical (unpaired) electrons. The SMILES string of the molecule is CCOc1cc([C@@H]2c3sc(=O)[nH]c3S[C@H]3C(=O)N(c4ccc(Br)cc4)C(=O)[C@@H]23)ccc1OCC(=O)Nc1ccc(S(N)(=O)=O)cc1. The largest absolute Gasteiger partial charge is 0.490 e. The minimum absolute atomic E-state index is 0.0881. The lowest BCUT2D eigenvalue weighted by atomic mass is 9.83. The van der Waals surface area contributed by atoms with Crippen molar-refractivity contribution in [3.63, 3.8) is 0 Å². The summed E-state index contributed by atoms with van der Waals surface area (Å²) in [6.07, 6.45) is 0. The van der Waals surface area contributed by atoms with Crippen molar-refractivity contribution in [3.05, 3.63) is 91.3 Å². The van der Waals surface area contributed by atoms with Gasteiger partial charge in [-0.15, -0.1) is 0 Å². The third-order valence-corrected chi connectivity index (χ3v) is 11.2. The fourth-order valence-corrected chi connectivity index (χ4v) is 8.69. The number of halogens is 1. The Hall–Kier alpha value is -3.96. The minimum atomic E-state index is -3.87. The van der Waals surface area contributed by atoms with Crippen molar-refractivity contribution >= 4 is 78.1 Å². The lowest BCUT2D eigenvalue weighted by Crippen LogP contribution is -2.32. The first-order valence-corrected chi connectivity index (χ1v) is 17.8. The summed E-state index contributed by atoms with van der Waals surface area (Å²) in [5.74, 6) is -2.07. The highest BCUT2D eigenvalue weighted by Gasteiger charge is 2.56. The zero-order chi connectivity index (χ0) is 32.7. The Morgan fingerprint density at radius 2 is 1.72 bits per heavy atom. The number of nitrogens with zero attached hydrogens (tertiary/aromatic N) is 1.